The summed E-state index contributed by atoms with van der Waals surface area (Å²) in [5.41, 5.74) is 0. The molecule has 0 aliphatic rings. The van der Waals surface area contributed by atoms with Crippen molar-refractivity contribution >= 4 is 17.9 Å². The lowest BCUT2D eigenvalue weighted by Gasteiger charge is -2.31. The van der Waals surface area contributed by atoms with Gasteiger partial charge >= 0.3 is 17.9 Å². The quantitative estimate of drug-likeness (QED) is 0.0224. The molecule has 2 atom stereocenters. The number of carbonyl (C=O) groups excluding carboxylic acids is 2. The van der Waals surface area contributed by atoms with E-state index in [0.717, 1.165) is 57.8 Å². The first-order chi connectivity index (χ1) is 28.1. The van der Waals surface area contributed by atoms with Gasteiger partial charge in [0.15, 0.2) is 12.1 Å². The number of nitrogens with zero attached hydrogens (tertiary/aromatic N) is 1. The normalized spacial score (nSPS) is 14.3. The number of likely N-dealkylation sites (N-methyl/N-ethyl adjacent to an activating group) is 1. The third kappa shape index (κ3) is 37.1. The van der Waals surface area contributed by atoms with Crippen molar-refractivity contribution in [3.8, 4) is 0 Å². The molecule has 0 spiro atoms. The Kier molecular flexibility index (Phi) is 36.2. The number of aliphatic carboxylic acids is 1. The van der Waals surface area contributed by atoms with E-state index in [1.165, 1.54) is 0 Å². The zero-order valence-electron chi connectivity index (χ0n) is 36.4. The lowest BCUT2D eigenvalue weighted by atomic mass is 10.1. The number of rotatable bonds is 35. The number of quaternary nitrogens is 1. The molecular weight excluding hydrogens is 727 g/mol. The SMILES string of the molecule is CC/C=C/C=C/C=C/C=C/C=C/CCCC(=O)OC(COCCC(C(=O)O)[N+](C)(C)C)COC(=O)CCCC/C=C/C/C=C/C/C=C/C/C=C/C/C=C/C/C=C/CC. The number of hydrogen-bond donors (Lipinski definition) is 1. The van der Waals surface area contributed by atoms with Crippen LogP contribution in [-0.2, 0) is 28.6 Å². The molecule has 0 amide bonds. The highest BCUT2D eigenvalue weighted by atomic mass is 16.6. The van der Waals surface area contributed by atoms with Gasteiger partial charge in [-0.15, -0.1) is 0 Å². The zero-order valence-corrected chi connectivity index (χ0v) is 36.4. The maximum absolute atomic E-state index is 12.7. The van der Waals surface area contributed by atoms with E-state index in [0.29, 0.717) is 25.7 Å². The van der Waals surface area contributed by atoms with Gasteiger partial charge in [0.2, 0.25) is 0 Å². The van der Waals surface area contributed by atoms with Gasteiger partial charge in [-0.1, -0.05) is 148 Å². The first-order valence-corrected chi connectivity index (χ1v) is 21.3. The van der Waals surface area contributed by atoms with Crippen LogP contribution < -0.4 is 0 Å². The molecule has 322 valence electrons. The monoisotopic (exact) mass is 803 g/mol. The fourth-order valence-electron chi connectivity index (χ4n) is 5.18. The van der Waals surface area contributed by atoms with Crippen LogP contribution in [0.15, 0.2) is 134 Å². The van der Waals surface area contributed by atoms with Crippen LogP contribution in [0.25, 0.3) is 0 Å². The Morgan fingerprint density at radius 2 is 1.00 bits per heavy atom. The molecule has 2 unspecified atom stereocenters. The summed E-state index contributed by atoms with van der Waals surface area (Å²) in [5.74, 6) is -1.65. The molecule has 0 bridgehead atoms. The molecule has 0 rings (SSSR count). The van der Waals surface area contributed by atoms with Crippen molar-refractivity contribution in [3.63, 3.8) is 0 Å². The number of carboxylic acids is 1. The molecule has 0 radical (unpaired) electrons. The highest BCUT2D eigenvalue weighted by Gasteiger charge is 2.31. The fraction of sp³-hybridized carbons (Fsp3) is 0.500. The second-order valence-electron chi connectivity index (χ2n) is 14.6. The first kappa shape index (κ1) is 53.5. The minimum Gasteiger partial charge on any atom is -0.477 e. The Morgan fingerprint density at radius 3 is 1.52 bits per heavy atom. The molecule has 8 heteroatoms. The van der Waals surface area contributed by atoms with Crippen molar-refractivity contribution in [1.82, 2.24) is 0 Å². The van der Waals surface area contributed by atoms with Crippen LogP contribution in [0, 0.1) is 0 Å². The minimum atomic E-state index is -0.901. The molecule has 0 saturated carbocycles. The van der Waals surface area contributed by atoms with Crippen LogP contribution in [0.3, 0.4) is 0 Å². The Hall–Kier alpha value is -4.53. The van der Waals surface area contributed by atoms with E-state index in [-0.39, 0.29) is 43.1 Å². The summed E-state index contributed by atoms with van der Waals surface area (Å²) in [7, 11) is 5.46. The van der Waals surface area contributed by atoms with Crippen LogP contribution in [0.1, 0.15) is 110 Å². The van der Waals surface area contributed by atoms with E-state index in [4.69, 9.17) is 14.2 Å². The molecule has 1 N–H and O–H groups in total. The van der Waals surface area contributed by atoms with Crippen molar-refractivity contribution in [1.29, 1.82) is 0 Å². The number of carbonyl (C=O) groups is 3. The second kappa shape index (κ2) is 39.3. The van der Waals surface area contributed by atoms with Crippen LogP contribution in [0.5, 0.6) is 0 Å². The van der Waals surface area contributed by atoms with Gasteiger partial charge in [-0.25, -0.2) is 4.79 Å². The standard InChI is InChI=1S/C50H75NO7/c1-6-8-10-12-14-16-18-20-21-22-23-24-25-26-27-29-30-32-34-36-38-40-48(52)57-45-46(44-56-43-42-47(50(54)55)51(3,4)5)58-49(53)41-39-37-35-33-31-28-19-17-15-13-11-9-7-2/h8-11,13-17,19-21,23-24,26-28,30-33,35,46-47H,6-7,12,18,22,25,29,34,36-45H2,1-5H3/p+1/b10-8+,11-9+,15-13+,16-14+,19-17+,21-20+,24-23+,27-26+,31-28+,32-30+,35-33+. The highest BCUT2D eigenvalue weighted by Crippen LogP contribution is 2.10. The summed E-state index contributed by atoms with van der Waals surface area (Å²) in [6.45, 7) is 4.31. The number of allylic oxidation sites excluding steroid dienone is 22. The summed E-state index contributed by atoms with van der Waals surface area (Å²) in [6, 6.07) is -0.643. The fourth-order valence-corrected chi connectivity index (χ4v) is 5.18. The summed E-state index contributed by atoms with van der Waals surface area (Å²) < 4.78 is 17.1. The van der Waals surface area contributed by atoms with E-state index >= 15 is 0 Å². The van der Waals surface area contributed by atoms with E-state index in [1.807, 2.05) is 75.8 Å². The number of ether oxygens (including phenoxy) is 3. The van der Waals surface area contributed by atoms with E-state index in [2.05, 4.69) is 92.8 Å². The van der Waals surface area contributed by atoms with E-state index in [1.54, 1.807) is 0 Å². The molecule has 58 heavy (non-hydrogen) atoms. The molecule has 0 aromatic heterocycles. The molecule has 0 heterocycles. The van der Waals surface area contributed by atoms with Crippen molar-refractivity contribution in [3.05, 3.63) is 134 Å². The van der Waals surface area contributed by atoms with Gasteiger partial charge < -0.3 is 23.8 Å². The van der Waals surface area contributed by atoms with Crippen molar-refractivity contribution < 1.29 is 38.2 Å². The first-order valence-electron chi connectivity index (χ1n) is 21.3. The average molecular weight is 803 g/mol. The topological polar surface area (TPSA) is 99.1 Å². The lowest BCUT2D eigenvalue weighted by Crippen LogP contribution is -2.50. The van der Waals surface area contributed by atoms with Crippen molar-refractivity contribution in [2.75, 3.05) is 41.0 Å². The summed E-state index contributed by atoms with van der Waals surface area (Å²) in [4.78, 5) is 36.9. The largest absolute Gasteiger partial charge is 0.477 e. The Labute approximate surface area is 352 Å². The van der Waals surface area contributed by atoms with Gasteiger partial charge in [-0.2, -0.15) is 0 Å². The smallest absolute Gasteiger partial charge is 0.362 e. The highest BCUT2D eigenvalue weighted by molar-refractivity contribution is 5.72. The van der Waals surface area contributed by atoms with Gasteiger partial charge in [0.1, 0.15) is 6.61 Å². The van der Waals surface area contributed by atoms with E-state index < -0.39 is 24.1 Å². The van der Waals surface area contributed by atoms with Crippen LogP contribution >= 0.6 is 0 Å². The number of esters is 2. The minimum absolute atomic E-state index is 0.00742. The molecule has 8 nitrogen and oxygen atoms in total. The van der Waals surface area contributed by atoms with Crippen LogP contribution in [0.2, 0.25) is 0 Å². The maximum Gasteiger partial charge on any atom is 0.362 e. The second-order valence-corrected chi connectivity index (χ2v) is 14.6. The molecule has 0 aromatic carbocycles. The Bertz CT molecular complexity index is 1400. The lowest BCUT2D eigenvalue weighted by molar-refractivity contribution is -0.887. The van der Waals surface area contributed by atoms with Gasteiger partial charge in [0.25, 0.3) is 0 Å². The van der Waals surface area contributed by atoms with Crippen LogP contribution in [-0.4, -0.2) is 80.6 Å². The van der Waals surface area contributed by atoms with Gasteiger partial charge in [-0.3, -0.25) is 9.59 Å². The summed E-state index contributed by atoms with van der Waals surface area (Å²) >= 11 is 0. The molecular formula is C50H76NO7+. The number of unbranched alkanes of at least 4 members (excludes halogenated alkanes) is 3. The predicted octanol–water partition coefficient (Wildman–Crippen LogP) is 11.6. The third-order valence-electron chi connectivity index (χ3n) is 8.42. The zero-order chi connectivity index (χ0) is 42.8. The molecule has 0 saturated heterocycles. The molecule has 0 fully saturated rings. The van der Waals surface area contributed by atoms with Crippen molar-refractivity contribution in [2.24, 2.45) is 0 Å². The Morgan fingerprint density at radius 1 is 0.534 bits per heavy atom. The molecule has 0 aromatic rings. The van der Waals surface area contributed by atoms with E-state index in [9.17, 15) is 19.5 Å². The molecule has 0 aliphatic carbocycles. The van der Waals surface area contributed by atoms with Gasteiger partial charge in [0.05, 0.1) is 34.4 Å². The summed E-state index contributed by atoms with van der Waals surface area (Å²) in [5, 5.41) is 9.61. The predicted molar refractivity (Wildman–Crippen MR) is 242 cm³/mol. The number of hydrogen-bond acceptors (Lipinski definition) is 6. The number of carboxylic acid groups (broad SMARTS) is 1. The van der Waals surface area contributed by atoms with Crippen LogP contribution in [0.4, 0.5) is 0 Å². The summed E-state index contributed by atoms with van der Waals surface area (Å²) in [6.07, 6.45) is 56.6. The average Bonchev–Trinajstić information content (AvgIpc) is 3.18. The molecule has 0 aliphatic heterocycles. The van der Waals surface area contributed by atoms with Gasteiger partial charge in [0, 0.05) is 19.3 Å². The van der Waals surface area contributed by atoms with Crippen molar-refractivity contribution in [2.45, 2.75) is 122 Å². The third-order valence-corrected chi connectivity index (χ3v) is 8.42. The Balaban J connectivity index is 4.55. The van der Waals surface area contributed by atoms with Gasteiger partial charge in [-0.05, 0) is 77.0 Å². The maximum atomic E-state index is 12.7.